The molecule has 0 amide bonds. The van der Waals surface area contributed by atoms with Crippen LogP contribution >= 0.6 is 7.82 Å². The van der Waals surface area contributed by atoms with E-state index in [1.165, 1.54) is 0 Å². The summed E-state index contributed by atoms with van der Waals surface area (Å²) < 4.78 is 8.55. The average Bonchev–Trinajstić information content (AvgIpc) is 1.19. The minimum Gasteiger partial charge on any atom is -0.822 e. The van der Waals surface area contributed by atoms with Crippen molar-refractivity contribution in [2.45, 2.75) is 6.92 Å². The third-order valence-corrected chi connectivity index (χ3v) is 0. The van der Waals surface area contributed by atoms with Crippen molar-refractivity contribution in [1.29, 1.82) is 0 Å². The summed E-state index contributed by atoms with van der Waals surface area (Å²) in [6, 6.07) is 0. The summed E-state index contributed by atoms with van der Waals surface area (Å²) in [5.74, 6) is -1.08. The van der Waals surface area contributed by atoms with Gasteiger partial charge in [0.25, 0.3) is 0 Å². The second kappa shape index (κ2) is 10.6. The molecule has 2 radical (unpaired) electrons. The van der Waals surface area contributed by atoms with Crippen LogP contribution in [0.4, 0.5) is 0 Å². The van der Waals surface area contributed by atoms with Crippen LogP contribution < -0.4 is 19.8 Å². The molecular weight excluding hydrogens is 265 g/mol. The molecule has 9 heteroatoms. The second-order valence-corrected chi connectivity index (χ2v) is 1.83. The summed E-state index contributed by atoms with van der Waals surface area (Å²) in [6.45, 7) is 0.972. The molecule has 6 nitrogen and oxygen atoms in total. The van der Waals surface area contributed by atoms with E-state index < -0.39 is 13.8 Å². The molecule has 0 aliphatic heterocycles. The Bertz CT molecular complexity index is 120. The molecule has 0 aromatic heterocycles. The van der Waals surface area contributed by atoms with Gasteiger partial charge in [-0.25, -0.2) is 0 Å². The van der Waals surface area contributed by atoms with Crippen LogP contribution in [0.25, 0.3) is 0 Å². The van der Waals surface area contributed by atoms with Crippen LogP contribution in [0.5, 0.6) is 0 Å². The van der Waals surface area contributed by atoms with Gasteiger partial charge < -0.3 is 29.1 Å². The van der Waals surface area contributed by atoms with E-state index in [1.54, 1.807) is 0 Å². The van der Waals surface area contributed by atoms with Crippen LogP contribution in [0, 0.1) is 0 Å². The van der Waals surface area contributed by atoms with E-state index in [1.807, 2.05) is 0 Å². The van der Waals surface area contributed by atoms with Gasteiger partial charge in [-0.2, -0.15) is 7.82 Å². The Hall–Kier alpha value is 0.606. The third kappa shape index (κ3) is 2140. The largest absolute Gasteiger partial charge is 2.00 e. The van der Waals surface area contributed by atoms with Crippen molar-refractivity contribution in [2.24, 2.45) is 0 Å². The Morgan fingerprint density at radius 2 is 1.27 bits per heavy atom. The number of phosphoric acid groups is 1. The van der Waals surface area contributed by atoms with Crippen LogP contribution in [-0.2, 0) is 43.2 Å². The maximum Gasteiger partial charge on any atom is 2.00 e. The zero-order valence-corrected chi connectivity index (χ0v) is 8.22. The molecule has 0 heterocycles. The van der Waals surface area contributed by atoms with Crippen LogP contribution in [0.1, 0.15) is 6.92 Å². The molecule has 0 aromatic rings. The molecule has 0 bridgehead atoms. The SMILES string of the molecule is CC(=O)[O-].O=P([O-])([O-])[O-].[Co+2].[Mn+2]. The first-order valence-electron chi connectivity index (χ1n) is 1.64. The van der Waals surface area contributed by atoms with E-state index in [0.29, 0.717) is 0 Å². The number of carboxylic acid groups (broad SMARTS) is 1. The summed E-state index contributed by atoms with van der Waals surface area (Å²) >= 11 is 0. The Labute approximate surface area is 83.9 Å². The monoisotopic (exact) mass is 268 g/mol. The number of aliphatic carboxylic acids is 1. The Balaban J connectivity index is -0.0000000383. The van der Waals surface area contributed by atoms with Gasteiger partial charge in [-0.3, -0.25) is 0 Å². The fourth-order valence-corrected chi connectivity index (χ4v) is 0. The molecule has 0 aromatic carbocycles. The van der Waals surface area contributed by atoms with E-state index in [-0.39, 0.29) is 33.8 Å². The number of carbonyl (C=O) groups is 1. The molecule has 0 aliphatic carbocycles. The average molecular weight is 268 g/mol. The van der Waals surface area contributed by atoms with E-state index >= 15 is 0 Å². The summed E-state index contributed by atoms with van der Waals surface area (Å²) in [4.78, 5) is 34.5. The minimum atomic E-state index is -5.39. The number of carbonyl (C=O) groups excluding carboxylic acids is 1. The van der Waals surface area contributed by atoms with Crippen LogP contribution in [-0.4, -0.2) is 5.97 Å². The third-order valence-electron chi connectivity index (χ3n) is 0. The molecule has 0 saturated heterocycles. The molecule has 0 N–H and O–H groups in total. The van der Waals surface area contributed by atoms with Gasteiger partial charge in [-0.1, -0.05) is 0 Å². The quantitative estimate of drug-likeness (QED) is 0.325. The smallest absolute Gasteiger partial charge is 0.822 e. The van der Waals surface area contributed by atoms with Gasteiger partial charge in [0, 0.05) is 5.97 Å². The van der Waals surface area contributed by atoms with E-state index in [9.17, 15) is 0 Å². The fraction of sp³-hybridized carbons (Fsp3) is 0.500. The van der Waals surface area contributed by atoms with Gasteiger partial charge in [0.2, 0.25) is 0 Å². The molecule has 0 unspecified atom stereocenters. The molecule has 0 aliphatic rings. The van der Waals surface area contributed by atoms with Crippen LogP contribution in [0.2, 0.25) is 0 Å². The van der Waals surface area contributed by atoms with Gasteiger partial charge >= 0.3 is 33.8 Å². The number of rotatable bonds is 0. The summed E-state index contributed by atoms with van der Waals surface area (Å²) in [5, 5.41) is 8.89. The van der Waals surface area contributed by atoms with Crippen molar-refractivity contribution < 1.29 is 63.0 Å². The van der Waals surface area contributed by atoms with Gasteiger partial charge in [0.05, 0.1) is 0 Å². The summed E-state index contributed by atoms with van der Waals surface area (Å²) in [6.07, 6.45) is 0. The Morgan fingerprint density at radius 1 is 1.27 bits per heavy atom. The zero-order chi connectivity index (χ0) is 8.08. The molecule has 11 heavy (non-hydrogen) atoms. The van der Waals surface area contributed by atoms with Crippen molar-refractivity contribution in [3.8, 4) is 0 Å². The molecule has 68 valence electrons. The number of carboxylic acids is 1. The number of hydrogen-bond acceptors (Lipinski definition) is 6. The molecule has 0 spiro atoms. The van der Waals surface area contributed by atoms with E-state index in [4.69, 9.17) is 29.1 Å². The maximum atomic E-state index is 8.89. The molecular formula is C2H3CoMnO6P. The molecule has 0 atom stereocenters. The Kier molecular flexibility index (Phi) is 21.8. The van der Waals surface area contributed by atoms with Crippen LogP contribution in [0.3, 0.4) is 0 Å². The standard InChI is InChI=1S/C2H4O2.Co.Mn.H3O4P/c1-2(3)4;;;1-5(2,3)4/h1H3,(H,3,4);;;(H3,1,2,3,4)/q;2*+2;/p-4. The summed E-state index contributed by atoms with van der Waals surface area (Å²) in [5.41, 5.74) is 0. The van der Waals surface area contributed by atoms with Crippen molar-refractivity contribution in [1.82, 2.24) is 0 Å². The van der Waals surface area contributed by atoms with Crippen molar-refractivity contribution in [3.05, 3.63) is 0 Å². The first-order valence-corrected chi connectivity index (χ1v) is 3.10. The first-order chi connectivity index (χ1) is 3.73. The van der Waals surface area contributed by atoms with Crippen molar-refractivity contribution in [3.63, 3.8) is 0 Å². The van der Waals surface area contributed by atoms with Crippen molar-refractivity contribution >= 4 is 13.8 Å². The van der Waals surface area contributed by atoms with Gasteiger partial charge in [-0.15, -0.1) is 0 Å². The van der Waals surface area contributed by atoms with Gasteiger partial charge in [0.1, 0.15) is 0 Å². The maximum absolute atomic E-state index is 8.89. The minimum absolute atomic E-state index is 0. The normalized spacial score (nSPS) is 7.64. The van der Waals surface area contributed by atoms with E-state index in [2.05, 4.69) is 0 Å². The summed E-state index contributed by atoms with van der Waals surface area (Å²) in [7, 11) is -5.39. The predicted molar refractivity (Wildman–Crippen MR) is 18.3 cm³/mol. The predicted octanol–water partition coefficient (Wildman–Crippen LogP) is -4.07. The van der Waals surface area contributed by atoms with Crippen molar-refractivity contribution in [2.75, 3.05) is 0 Å². The fourth-order valence-electron chi connectivity index (χ4n) is 0. The zero-order valence-electron chi connectivity index (χ0n) is 5.11. The second-order valence-electron chi connectivity index (χ2n) is 0.939. The molecule has 0 saturated carbocycles. The van der Waals surface area contributed by atoms with Gasteiger partial charge in [0.15, 0.2) is 0 Å². The molecule has 0 rings (SSSR count). The van der Waals surface area contributed by atoms with E-state index in [0.717, 1.165) is 6.92 Å². The first kappa shape index (κ1) is 22.6. The van der Waals surface area contributed by atoms with Crippen LogP contribution in [0.15, 0.2) is 0 Å². The molecule has 0 fully saturated rings. The van der Waals surface area contributed by atoms with Gasteiger partial charge in [-0.05, 0) is 6.92 Å². The number of hydrogen-bond donors (Lipinski definition) is 0. The topological polar surface area (TPSA) is 126 Å². The Morgan fingerprint density at radius 3 is 1.27 bits per heavy atom.